The molecule has 0 saturated heterocycles. The molecule has 0 atom stereocenters. The van der Waals surface area contributed by atoms with Gasteiger partial charge in [-0.3, -0.25) is 4.79 Å². The van der Waals surface area contributed by atoms with Crippen LogP contribution in [0.4, 0.5) is 0 Å². The third kappa shape index (κ3) is 4.19. The summed E-state index contributed by atoms with van der Waals surface area (Å²) in [5, 5.41) is 2.71. The van der Waals surface area contributed by atoms with Crippen LogP contribution in [0.25, 0.3) is 0 Å². The van der Waals surface area contributed by atoms with Crippen LogP contribution in [0.5, 0.6) is 0 Å². The molecule has 1 aromatic heterocycles. The minimum Gasteiger partial charge on any atom is -0.274 e. The number of halogens is 1. The van der Waals surface area contributed by atoms with Crippen molar-refractivity contribution < 1.29 is 13.2 Å². The lowest BCUT2D eigenvalue weighted by molar-refractivity contribution is -0.124. The number of hydrogen-bond donors (Lipinski definition) is 0. The number of amides is 1. The molecule has 23 heavy (non-hydrogen) atoms. The van der Waals surface area contributed by atoms with Gasteiger partial charge in [0.05, 0.1) is 22.1 Å². The Morgan fingerprint density at radius 3 is 2.39 bits per heavy atom. The molecule has 0 saturated carbocycles. The Morgan fingerprint density at radius 1 is 1.30 bits per heavy atom. The molecule has 0 bridgehead atoms. The zero-order chi connectivity index (χ0) is 17.2. The van der Waals surface area contributed by atoms with E-state index < -0.39 is 15.9 Å². The second kappa shape index (κ2) is 7.11. The first-order valence-electron chi connectivity index (χ1n) is 6.95. The summed E-state index contributed by atoms with van der Waals surface area (Å²) < 4.78 is 27.0. The Labute approximate surface area is 148 Å². The van der Waals surface area contributed by atoms with Crippen molar-refractivity contribution in [3.8, 4) is 0 Å². The Bertz CT molecular complexity index is 798. The fraction of sp³-hybridized carbons (Fsp3) is 0.333. The van der Waals surface area contributed by atoms with Crippen molar-refractivity contribution in [2.45, 2.75) is 38.1 Å². The zero-order valence-corrected chi connectivity index (χ0v) is 16.2. The molecular weight excluding hydrogens is 400 g/mol. The third-order valence-corrected chi connectivity index (χ3v) is 6.68. The fourth-order valence-electron chi connectivity index (χ4n) is 1.91. The highest BCUT2D eigenvalue weighted by atomic mass is 79.9. The molecule has 0 aliphatic rings. The maximum absolute atomic E-state index is 12.7. The molecule has 0 spiro atoms. The molecule has 0 N–H and O–H groups in total. The van der Waals surface area contributed by atoms with Crippen LogP contribution in [0.15, 0.2) is 39.0 Å². The number of aromatic nitrogens is 1. The van der Waals surface area contributed by atoms with E-state index in [1.807, 2.05) is 13.8 Å². The van der Waals surface area contributed by atoms with E-state index >= 15 is 0 Å². The highest BCUT2D eigenvalue weighted by molar-refractivity contribution is 9.10. The highest BCUT2D eigenvalue weighted by Crippen LogP contribution is 2.23. The van der Waals surface area contributed by atoms with Crippen molar-refractivity contribution >= 4 is 43.2 Å². The summed E-state index contributed by atoms with van der Waals surface area (Å²) in [5.74, 6) is -0.269. The molecule has 5 nitrogen and oxygen atoms in total. The fourth-order valence-corrected chi connectivity index (χ4v) is 4.37. The third-order valence-electron chi connectivity index (χ3n) is 3.12. The van der Waals surface area contributed by atoms with Gasteiger partial charge < -0.3 is 0 Å². The van der Waals surface area contributed by atoms with Crippen molar-refractivity contribution in [2.75, 3.05) is 0 Å². The second-order valence-electron chi connectivity index (χ2n) is 5.32. The molecule has 0 aliphatic carbocycles. The van der Waals surface area contributed by atoms with Crippen LogP contribution in [-0.4, -0.2) is 23.6 Å². The van der Waals surface area contributed by atoms with Crippen LogP contribution in [0.2, 0.25) is 0 Å². The average Bonchev–Trinajstić information content (AvgIpc) is 2.93. The Morgan fingerprint density at radius 2 is 1.91 bits per heavy atom. The van der Waals surface area contributed by atoms with E-state index in [2.05, 4.69) is 20.9 Å². The van der Waals surface area contributed by atoms with Crippen molar-refractivity contribution in [2.24, 2.45) is 0 Å². The van der Waals surface area contributed by atoms with E-state index in [1.54, 1.807) is 17.5 Å². The van der Waals surface area contributed by atoms with E-state index in [0.29, 0.717) is 5.69 Å². The van der Waals surface area contributed by atoms with Gasteiger partial charge in [0.15, 0.2) is 0 Å². The summed E-state index contributed by atoms with van der Waals surface area (Å²) in [7, 11) is -3.90. The quantitative estimate of drug-likeness (QED) is 0.743. The lowest BCUT2D eigenvalue weighted by atomic mass is 10.2. The summed E-state index contributed by atoms with van der Waals surface area (Å²) in [6, 6.07) is 6.20. The van der Waals surface area contributed by atoms with Gasteiger partial charge in [-0.2, -0.15) is 0 Å². The highest BCUT2D eigenvalue weighted by Gasteiger charge is 2.27. The van der Waals surface area contributed by atoms with Crippen molar-refractivity contribution in [3.63, 3.8) is 0 Å². The summed E-state index contributed by atoms with van der Waals surface area (Å²) in [4.78, 5) is 16.4. The maximum atomic E-state index is 12.7. The SMILES string of the molecule is CC(=O)N(Cc1csc(C(C)C)n1)S(=O)(=O)c1ccc(Br)cc1. The van der Waals surface area contributed by atoms with Gasteiger partial charge in [0.2, 0.25) is 5.91 Å². The normalized spacial score (nSPS) is 11.7. The topological polar surface area (TPSA) is 67.3 Å². The molecule has 0 aliphatic heterocycles. The van der Waals surface area contributed by atoms with Gasteiger partial charge in [-0.15, -0.1) is 11.3 Å². The van der Waals surface area contributed by atoms with Gasteiger partial charge >= 0.3 is 0 Å². The van der Waals surface area contributed by atoms with E-state index in [0.717, 1.165) is 13.8 Å². The molecule has 1 aromatic carbocycles. The number of nitrogens with zero attached hydrogens (tertiary/aromatic N) is 2. The Kier molecular flexibility index (Phi) is 5.59. The van der Waals surface area contributed by atoms with Gasteiger partial charge in [-0.25, -0.2) is 17.7 Å². The summed E-state index contributed by atoms with van der Waals surface area (Å²) in [6.07, 6.45) is 0. The Balaban J connectivity index is 2.33. The van der Waals surface area contributed by atoms with Crippen LogP contribution < -0.4 is 0 Å². The van der Waals surface area contributed by atoms with Gasteiger partial charge in [0, 0.05) is 22.7 Å². The number of benzene rings is 1. The van der Waals surface area contributed by atoms with E-state index in [-0.39, 0.29) is 17.4 Å². The predicted molar refractivity (Wildman–Crippen MR) is 93.8 cm³/mol. The van der Waals surface area contributed by atoms with Crippen LogP contribution in [0.1, 0.15) is 37.4 Å². The van der Waals surface area contributed by atoms with Gasteiger partial charge in [0.1, 0.15) is 0 Å². The number of carbonyl (C=O) groups is 1. The van der Waals surface area contributed by atoms with Crippen LogP contribution in [0, 0.1) is 0 Å². The first kappa shape index (κ1) is 18.1. The van der Waals surface area contributed by atoms with Crippen molar-refractivity contribution in [1.82, 2.24) is 9.29 Å². The van der Waals surface area contributed by atoms with E-state index in [4.69, 9.17) is 0 Å². The lowest BCUT2D eigenvalue weighted by Crippen LogP contribution is -2.34. The molecule has 2 aromatic rings. The smallest absolute Gasteiger partial charge is 0.266 e. The van der Waals surface area contributed by atoms with Gasteiger partial charge in [-0.1, -0.05) is 29.8 Å². The number of rotatable bonds is 5. The maximum Gasteiger partial charge on any atom is 0.266 e. The lowest BCUT2D eigenvalue weighted by Gasteiger charge is -2.20. The number of carbonyl (C=O) groups excluding carboxylic acids is 1. The van der Waals surface area contributed by atoms with Gasteiger partial charge in [0.25, 0.3) is 10.0 Å². The first-order valence-corrected chi connectivity index (χ1v) is 10.1. The second-order valence-corrected chi connectivity index (χ2v) is 8.98. The zero-order valence-electron chi connectivity index (χ0n) is 13.0. The van der Waals surface area contributed by atoms with Crippen molar-refractivity contribution in [1.29, 1.82) is 0 Å². The molecule has 1 amide bonds. The minimum atomic E-state index is -3.90. The number of hydrogen-bond acceptors (Lipinski definition) is 5. The number of sulfonamides is 1. The molecule has 0 fully saturated rings. The average molecular weight is 417 g/mol. The molecule has 1 heterocycles. The molecule has 8 heteroatoms. The van der Waals surface area contributed by atoms with Gasteiger partial charge in [-0.05, 0) is 24.3 Å². The summed E-state index contributed by atoms with van der Waals surface area (Å²) >= 11 is 4.73. The molecule has 124 valence electrons. The van der Waals surface area contributed by atoms with Crippen LogP contribution >= 0.6 is 27.3 Å². The monoisotopic (exact) mass is 416 g/mol. The van der Waals surface area contributed by atoms with Crippen LogP contribution in [-0.2, 0) is 21.4 Å². The van der Waals surface area contributed by atoms with Crippen molar-refractivity contribution in [3.05, 3.63) is 44.8 Å². The van der Waals surface area contributed by atoms with E-state index in [9.17, 15) is 13.2 Å². The Hall–Kier alpha value is -1.25. The largest absolute Gasteiger partial charge is 0.274 e. The first-order chi connectivity index (χ1) is 10.7. The molecule has 0 radical (unpaired) electrons. The number of thiazole rings is 1. The summed E-state index contributed by atoms with van der Waals surface area (Å²) in [6.45, 7) is 5.22. The standard InChI is InChI=1S/C15H17BrN2O3S2/c1-10(2)15-17-13(9-22-15)8-18(11(3)19)23(20,21)14-6-4-12(16)5-7-14/h4-7,9-10H,8H2,1-3H3. The summed E-state index contributed by atoms with van der Waals surface area (Å²) in [5.41, 5.74) is 0.578. The van der Waals surface area contributed by atoms with E-state index in [1.165, 1.54) is 30.4 Å². The van der Waals surface area contributed by atoms with Crippen LogP contribution in [0.3, 0.4) is 0 Å². The molecule has 2 rings (SSSR count). The predicted octanol–water partition coefficient (Wildman–Crippen LogP) is 3.77. The minimum absolute atomic E-state index is 0.0586. The molecular formula is C15H17BrN2O3S2. The molecule has 0 unspecified atom stereocenters.